The van der Waals surface area contributed by atoms with Crippen LogP contribution in [0.1, 0.15) is 29.3 Å². The first-order chi connectivity index (χ1) is 8.69. The Morgan fingerprint density at radius 1 is 1.50 bits per heavy atom. The molecule has 1 rings (SSSR count). The van der Waals surface area contributed by atoms with Crippen molar-refractivity contribution in [1.82, 2.24) is 5.32 Å². The highest BCUT2D eigenvalue weighted by atomic mass is 19.1. The molecule has 0 radical (unpaired) electrons. The number of hydrogen-bond donors (Lipinski definition) is 1. The summed E-state index contributed by atoms with van der Waals surface area (Å²) in [5.74, 6) is -1.18. The molecule has 0 aliphatic rings. The van der Waals surface area contributed by atoms with Crippen LogP contribution in [0.4, 0.5) is 4.39 Å². The third kappa shape index (κ3) is 4.30. The van der Waals surface area contributed by atoms with Crippen LogP contribution in [-0.4, -0.2) is 26.2 Å². The predicted octanol–water partition coefficient (Wildman–Crippen LogP) is 2.63. The highest BCUT2D eigenvalue weighted by Crippen LogP contribution is 2.13. The van der Waals surface area contributed by atoms with E-state index in [1.807, 2.05) is 19.2 Å². The molecule has 0 saturated carbocycles. The van der Waals surface area contributed by atoms with Gasteiger partial charge < -0.3 is 10.1 Å². The van der Waals surface area contributed by atoms with Crippen LogP contribution in [0.2, 0.25) is 0 Å². The molecule has 1 aromatic rings. The van der Waals surface area contributed by atoms with Crippen LogP contribution in [0.3, 0.4) is 0 Å². The average Bonchev–Trinajstić information content (AvgIpc) is 2.36. The van der Waals surface area contributed by atoms with E-state index in [0.29, 0.717) is 0 Å². The first kappa shape index (κ1) is 14.4. The van der Waals surface area contributed by atoms with Gasteiger partial charge in [-0.1, -0.05) is 18.2 Å². The molecule has 98 valence electrons. The maximum Gasteiger partial charge on any atom is 0.341 e. The minimum absolute atomic E-state index is 0.0207. The molecule has 0 bridgehead atoms. The van der Waals surface area contributed by atoms with Gasteiger partial charge in [-0.3, -0.25) is 0 Å². The van der Waals surface area contributed by atoms with Crippen LogP contribution < -0.4 is 5.32 Å². The largest absolute Gasteiger partial charge is 0.462 e. The summed E-state index contributed by atoms with van der Waals surface area (Å²) in [5.41, 5.74) is 0.767. The normalized spacial score (nSPS) is 10.8. The summed E-state index contributed by atoms with van der Waals surface area (Å²) in [7, 11) is 1.88. The van der Waals surface area contributed by atoms with Crippen LogP contribution in [0.25, 0.3) is 6.08 Å². The van der Waals surface area contributed by atoms with E-state index in [0.717, 1.165) is 18.5 Å². The van der Waals surface area contributed by atoms with E-state index in [4.69, 9.17) is 4.74 Å². The zero-order valence-electron chi connectivity index (χ0n) is 10.7. The van der Waals surface area contributed by atoms with Gasteiger partial charge in [0.1, 0.15) is 5.82 Å². The van der Waals surface area contributed by atoms with Gasteiger partial charge in [-0.05, 0) is 44.6 Å². The molecule has 3 nitrogen and oxygen atoms in total. The zero-order valence-corrected chi connectivity index (χ0v) is 10.7. The average molecular weight is 251 g/mol. The molecule has 1 aromatic carbocycles. The molecule has 0 unspecified atom stereocenters. The van der Waals surface area contributed by atoms with E-state index >= 15 is 0 Å². The van der Waals surface area contributed by atoms with Crippen LogP contribution in [0, 0.1) is 5.82 Å². The summed E-state index contributed by atoms with van der Waals surface area (Å²) in [6, 6.07) is 4.42. The lowest BCUT2D eigenvalue weighted by Gasteiger charge is -2.04. The SMILES string of the molecule is CCOC(=O)c1cc(C=CCCNC)ccc1F. The van der Waals surface area contributed by atoms with Gasteiger partial charge in [0.05, 0.1) is 12.2 Å². The van der Waals surface area contributed by atoms with Crippen molar-refractivity contribution in [1.29, 1.82) is 0 Å². The van der Waals surface area contributed by atoms with Crippen molar-refractivity contribution in [2.75, 3.05) is 20.2 Å². The molecule has 0 amide bonds. The zero-order chi connectivity index (χ0) is 13.4. The van der Waals surface area contributed by atoms with Gasteiger partial charge in [0.15, 0.2) is 0 Å². The fraction of sp³-hybridized carbons (Fsp3) is 0.357. The van der Waals surface area contributed by atoms with Crippen molar-refractivity contribution < 1.29 is 13.9 Å². The molecule has 0 atom stereocenters. The number of hydrogen-bond acceptors (Lipinski definition) is 3. The van der Waals surface area contributed by atoms with Gasteiger partial charge in [0, 0.05) is 0 Å². The van der Waals surface area contributed by atoms with Crippen molar-refractivity contribution in [3.63, 3.8) is 0 Å². The summed E-state index contributed by atoms with van der Waals surface area (Å²) >= 11 is 0. The lowest BCUT2D eigenvalue weighted by Crippen LogP contribution is -2.07. The number of ether oxygens (including phenoxy) is 1. The van der Waals surface area contributed by atoms with Crippen molar-refractivity contribution in [3.05, 3.63) is 41.2 Å². The number of halogens is 1. The Morgan fingerprint density at radius 3 is 2.94 bits per heavy atom. The molecule has 0 fully saturated rings. The number of carbonyl (C=O) groups excluding carboxylic acids is 1. The highest BCUT2D eigenvalue weighted by Gasteiger charge is 2.12. The Kier molecular flexibility index (Phi) is 6.08. The van der Waals surface area contributed by atoms with E-state index in [1.54, 1.807) is 13.0 Å². The van der Waals surface area contributed by atoms with E-state index < -0.39 is 11.8 Å². The number of rotatable bonds is 6. The van der Waals surface area contributed by atoms with E-state index in [9.17, 15) is 9.18 Å². The molecule has 0 spiro atoms. The molecule has 0 heterocycles. The van der Waals surface area contributed by atoms with Crippen molar-refractivity contribution in [2.45, 2.75) is 13.3 Å². The predicted molar refractivity (Wildman–Crippen MR) is 69.9 cm³/mol. The molecule has 0 aliphatic carbocycles. The molecule has 0 saturated heterocycles. The van der Waals surface area contributed by atoms with Crippen LogP contribution in [0.5, 0.6) is 0 Å². The molecule has 0 aromatic heterocycles. The minimum Gasteiger partial charge on any atom is -0.462 e. The van der Waals surface area contributed by atoms with Gasteiger partial charge in [-0.15, -0.1) is 0 Å². The summed E-state index contributed by atoms with van der Waals surface area (Å²) < 4.78 is 18.2. The maximum atomic E-state index is 13.5. The van der Waals surface area contributed by atoms with Crippen molar-refractivity contribution in [3.8, 4) is 0 Å². The van der Waals surface area contributed by atoms with Gasteiger partial charge in [-0.2, -0.15) is 0 Å². The van der Waals surface area contributed by atoms with Crippen LogP contribution in [-0.2, 0) is 4.74 Å². The monoisotopic (exact) mass is 251 g/mol. The second-order valence-electron chi connectivity index (χ2n) is 3.75. The third-order valence-corrected chi connectivity index (χ3v) is 2.36. The van der Waals surface area contributed by atoms with Gasteiger partial charge in [0.2, 0.25) is 0 Å². The molecular weight excluding hydrogens is 233 g/mol. The van der Waals surface area contributed by atoms with Crippen molar-refractivity contribution >= 4 is 12.0 Å². The van der Waals surface area contributed by atoms with E-state index in [2.05, 4.69) is 5.32 Å². The molecule has 18 heavy (non-hydrogen) atoms. The fourth-order valence-electron chi connectivity index (χ4n) is 1.46. The van der Waals surface area contributed by atoms with Gasteiger partial charge in [-0.25, -0.2) is 9.18 Å². The summed E-state index contributed by atoms with van der Waals surface area (Å²) in [6.45, 7) is 2.81. The van der Waals surface area contributed by atoms with Crippen LogP contribution >= 0.6 is 0 Å². The Balaban J connectivity index is 2.80. The molecular formula is C14H18FNO2. The minimum atomic E-state index is -0.625. The van der Waals surface area contributed by atoms with E-state index in [1.165, 1.54) is 12.1 Å². The standard InChI is InChI=1S/C14H18FNO2/c1-3-18-14(17)12-10-11(7-8-13(12)15)6-4-5-9-16-2/h4,6-8,10,16H,3,5,9H2,1-2H3. The Labute approximate surface area is 107 Å². The smallest absolute Gasteiger partial charge is 0.341 e. The molecule has 1 N–H and O–H groups in total. The summed E-state index contributed by atoms with van der Waals surface area (Å²) in [5, 5.41) is 3.02. The summed E-state index contributed by atoms with van der Waals surface area (Å²) in [6.07, 6.45) is 4.71. The quantitative estimate of drug-likeness (QED) is 0.624. The Morgan fingerprint density at radius 2 is 2.28 bits per heavy atom. The summed E-state index contributed by atoms with van der Waals surface area (Å²) in [4.78, 5) is 11.5. The fourth-order valence-corrected chi connectivity index (χ4v) is 1.46. The van der Waals surface area contributed by atoms with Crippen molar-refractivity contribution in [2.24, 2.45) is 0 Å². The molecule has 4 heteroatoms. The Bertz CT molecular complexity index is 430. The Hall–Kier alpha value is -1.68. The van der Waals surface area contributed by atoms with Gasteiger partial charge in [0.25, 0.3) is 0 Å². The topological polar surface area (TPSA) is 38.3 Å². The van der Waals surface area contributed by atoms with Gasteiger partial charge >= 0.3 is 5.97 Å². The number of nitrogens with one attached hydrogen (secondary N) is 1. The lowest BCUT2D eigenvalue weighted by molar-refractivity contribution is 0.0521. The second kappa shape index (κ2) is 7.61. The first-order valence-electron chi connectivity index (χ1n) is 5.96. The lowest BCUT2D eigenvalue weighted by atomic mass is 10.1. The third-order valence-electron chi connectivity index (χ3n) is 2.36. The van der Waals surface area contributed by atoms with E-state index in [-0.39, 0.29) is 12.2 Å². The second-order valence-corrected chi connectivity index (χ2v) is 3.75. The maximum absolute atomic E-state index is 13.5. The number of carbonyl (C=O) groups is 1. The number of esters is 1. The first-order valence-corrected chi connectivity index (χ1v) is 5.96. The van der Waals surface area contributed by atoms with Crippen LogP contribution in [0.15, 0.2) is 24.3 Å². The number of benzene rings is 1. The molecule has 0 aliphatic heterocycles. The highest BCUT2D eigenvalue weighted by molar-refractivity contribution is 5.90.